The lowest BCUT2D eigenvalue weighted by Gasteiger charge is -1.96. The molecule has 0 fully saturated rings. The van der Waals surface area contributed by atoms with Crippen LogP contribution in [0, 0.1) is 10.1 Å². The first-order chi connectivity index (χ1) is 8.69. The normalized spacial score (nSPS) is 10.5. The zero-order valence-electron chi connectivity index (χ0n) is 9.57. The number of nitro benzene ring substituents is 1. The molecule has 0 saturated heterocycles. The number of nitrogens with zero attached hydrogens (tertiary/aromatic N) is 3. The maximum absolute atomic E-state index is 10.5. The molecule has 1 aromatic carbocycles. The Morgan fingerprint density at radius 1 is 1.22 bits per heavy atom. The van der Waals surface area contributed by atoms with E-state index in [-0.39, 0.29) is 5.69 Å². The Bertz CT molecular complexity index is 535. The molecule has 0 aliphatic heterocycles. The minimum absolute atomic E-state index is 0.0631. The summed E-state index contributed by atoms with van der Waals surface area (Å²) < 4.78 is 5.37. The van der Waals surface area contributed by atoms with E-state index in [4.69, 9.17) is 10.2 Å². The van der Waals surface area contributed by atoms with Crippen LogP contribution in [0.25, 0.3) is 0 Å². The number of hydrogen-bond donors (Lipinski definition) is 1. The second-order valence-corrected chi connectivity index (χ2v) is 3.73. The summed E-state index contributed by atoms with van der Waals surface area (Å²) in [5.41, 5.74) is 6.32. The van der Waals surface area contributed by atoms with Gasteiger partial charge in [0.15, 0.2) is 0 Å². The van der Waals surface area contributed by atoms with Crippen LogP contribution in [0.1, 0.15) is 17.3 Å². The van der Waals surface area contributed by atoms with Crippen LogP contribution in [0.15, 0.2) is 28.7 Å². The van der Waals surface area contributed by atoms with Crippen molar-refractivity contribution in [1.82, 2.24) is 10.2 Å². The molecule has 0 saturated carbocycles. The monoisotopic (exact) mass is 248 g/mol. The molecule has 18 heavy (non-hydrogen) atoms. The van der Waals surface area contributed by atoms with E-state index in [0.29, 0.717) is 31.2 Å². The van der Waals surface area contributed by atoms with Crippen molar-refractivity contribution in [1.29, 1.82) is 0 Å². The fourth-order valence-electron chi connectivity index (χ4n) is 1.49. The van der Waals surface area contributed by atoms with Crippen LogP contribution in [0.2, 0.25) is 0 Å². The van der Waals surface area contributed by atoms with Crippen molar-refractivity contribution in [3.63, 3.8) is 0 Å². The molecule has 1 aromatic heterocycles. The van der Waals surface area contributed by atoms with Gasteiger partial charge in [0.1, 0.15) is 0 Å². The van der Waals surface area contributed by atoms with E-state index in [1.807, 2.05) is 0 Å². The summed E-state index contributed by atoms with van der Waals surface area (Å²) in [4.78, 5) is 10.1. The van der Waals surface area contributed by atoms with Crippen molar-refractivity contribution in [2.24, 2.45) is 5.73 Å². The van der Waals surface area contributed by atoms with Crippen LogP contribution in [-0.2, 0) is 12.8 Å². The van der Waals surface area contributed by atoms with E-state index in [1.165, 1.54) is 12.1 Å². The minimum Gasteiger partial charge on any atom is -0.425 e. The van der Waals surface area contributed by atoms with Crippen molar-refractivity contribution in [3.05, 3.63) is 51.7 Å². The fraction of sp³-hybridized carbons (Fsp3) is 0.273. The molecule has 0 bridgehead atoms. The van der Waals surface area contributed by atoms with Gasteiger partial charge in [-0.1, -0.05) is 12.1 Å². The topological polar surface area (TPSA) is 108 Å². The van der Waals surface area contributed by atoms with Crippen LogP contribution in [0.5, 0.6) is 0 Å². The fourth-order valence-corrected chi connectivity index (χ4v) is 1.49. The van der Waals surface area contributed by atoms with Gasteiger partial charge in [0.25, 0.3) is 5.69 Å². The van der Waals surface area contributed by atoms with E-state index >= 15 is 0 Å². The number of nitro groups is 1. The molecule has 0 aliphatic rings. The molecule has 2 rings (SSSR count). The third-order valence-corrected chi connectivity index (χ3v) is 2.37. The predicted octanol–water partition coefficient (Wildman–Crippen LogP) is 1.07. The smallest absolute Gasteiger partial charge is 0.269 e. The average molecular weight is 248 g/mol. The molecule has 0 spiro atoms. The zero-order chi connectivity index (χ0) is 13.0. The molecule has 94 valence electrons. The van der Waals surface area contributed by atoms with Gasteiger partial charge in [0.2, 0.25) is 11.8 Å². The SMILES string of the molecule is NCCc1nnc(Cc2ccc([N+](=O)[O-])cc2)o1. The van der Waals surface area contributed by atoms with Crippen LogP contribution >= 0.6 is 0 Å². The van der Waals surface area contributed by atoms with E-state index in [1.54, 1.807) is 12.1 Å². The third-order valence-electron chi connectivity index (χ3n) is 2.37. The molecule has 0 amide bonds. The summed E-state index contributed by atoms with van der Waals surface area (Å²) in [7, 11) is 0. The highest BCUT2D eigenvalue weighted by molar-refractivity contribution is 5.33. The van der Waals surface area contributed by atoms with E-state index in [9.17, 15) is 10.1 Å². The number of rotatable bonds is 5. The Labute approximate surface area is 103 Å². The Morgan fingerprint density at radius 2 is 1.89 bits per heavy atom. The summed E-state index contributed by atoms with van der Waals surface area (Å²) >= 11 is 0. The molecular weight excluding hydrogens is 236 g/mol. The van der Waals surface area contributed by atoms with Gasteiger partial charge in [-0.05, 0) is 5.56 Å². The van der Waals surface area contributed by atoms with Gasteiger partial charge < -0.3 is 10.2 Å². The summed E-state index contributed by atoms with van der Waals surface area (Å²) in [6, 6.07) is 6.24. The molecule has 0 unspecified atom stereocenters. The van der Waals surface area contributed by atoms with Crippen molar-refractivity contribution in [3.8, 4) is 0 Å². The Morgan fingerprint density at radius 3 is 2.50 bits per heavy atom. The van der Waals surface area contributed by atoms with Crippen molar-refractivity contribution >= 4 is 5.69 Å². The number of non-ortho nitro benzene ring substituents is 1. The van der Waals surface area contributed by atoms with E-state index in [2.05, 4.69) is 10.2 Å². The number of benzene rings is 1. The molecule has 7 heteroatoms. The summed E-state index contributed by atoms with van der Waals surface area (Å²) in [6.45, 7) is 0.458. The summed E-state index contributed by atoms with van der Waals surface area (Å²) in [5.74, 6) is 0.988. The Hall–Kier alpha value is -2.28. The highest BCUT2D eigenvalue weighted by Gasteiger charge is 2.08. The quantitative estimate of drug-likeness (QED) is 0.626. The first-order valence-electron chi connectivity index (χ1n) is 5.43. The zero-order valence-corrected chi connectivity index (χ0v) is 9.57. The molecular formula is C11H12N4O3. The largest absolute Gasteiger partial charge is 0.425 e. The first-order valence-corrected chi connectivity index (χ1v) is 5.43. The van der Waals surface area contributed by atoms with Gasteiger partial charge in [0.05, 0.1) is 11.3 Å². The van der Waals surface area contributed by atoms with Crippen LogP contribution < -0.4 is 5.73 Å². The van der Waals surface area contributed by atoms with Crippen LogP contribution in [0.4, 0.5) is 5.69 Å². The van der Waals surface area contributed by atoms with Crippen molar-refractivity contribution in [2.75, 3.05) is 6.54 Å². The van der Waals surface area contributed by atoms with Gasteiger partial charge in [-0.15, -0.1) is 10.2 Å². The van der Waals surface area contributed by atoms with Gasteiger partial charge in [0, 0.05) is 25.1 Å². The highest BCUT2D eigenvalue weighted by atomic mass is 16.6. The van der Waals surface area contributed by atoms with Crippen molar-refractivity contribution in [2.45, 2.75) is 12.8 Å². The van der Waals surface area contributed by atoms with E-state index in [0.717, 1.165) is 5.56 Å². The molecule has 1 heterocycles. The maximum Gasteiger partial charge on any atom is 0.269 e. The summed E-state index contributed by atoms with van der Waals surface area (Å²) in [5, 5.41) is 18.2. The second-order valence-electron chi connectivity index (χ2n) is 3.73. The standard InChI is InChI=1S/C11H12N4O3/c12-6-5-10-13-14-11(18-10)7-8-1-3-9(4-2-8)15(16)17/h1-4H,5-7,12H2. The maximum atomic E-state index is 10.5. The predicted molar refractivity (Wildman–Crippen MR) is 63.0 cm³/mol. The molecule has 2 N–H and O–H groups in total. The van der Waals surface area contributed by atoms with Gasteiger partial charge in [-0.25, -0.2) is 0 Å². The van der Waals surface area contributed by atoms with Gasteiger partial charge in [-0.2, -0.15) is 0 Å². The second kappa shape index (κ2) is 5.37. The molecule has 0 radical (unpaired) electrons. The van der Waals surface area contributed by atoms with Crippen molar-refractivity contribution < 1.29 is 9.34 Å². The lowest BCUT2D eigenvalue weighted by atomic mass is 10.1. The number of aromatic nitrogens is 2. The van der Waals surface area contributed by atoms with E-state index < -0.39 is 4.92 Å². The summed E-state index contributed by atoms with van der Waals surface area (Å²) in [6.07, 6.45) is 1.00. The Balaban J connectivity index is 2.06. The lowest BCUT2D eigenvalue weighted by Crippen LogP contribution is -2.02. The lowest BCUT2D eigenvalue weighted by molar-refractivity contribution is -0.384. The molecule has 2 aromatic rings. The van der Waals surface area contributed by atoms with Crippen LogP contribution in [0.3, 0.4) is 0 Å². The van der Waals surface area contributed by atoms with Gasteiger partial charge in [-0.3, -0.25) is 10.1 Å². The molecule has 0 atom stereocenters. The molecule has 0 aliphatic carbocycles. The highest BCUT2D eigenvalue weighted by Crippen LogP contribution is 2.14. The average Bonchev–Trinajstić information content (AvgIpc) is 2.78. The third kappa shape index (κ3) is 2.89. The Kier molecular flexibility index (Phi) is 3.63. The van der Waals surface area contributed by atoms with Gasteiger partial charge >= 0.3 is 0 Å². The number of hydrogen-bond acceptors (Lipinski definition) is 6. The minimum atomic E-state index is -0.435. The van der Waals surface area contributed by atoms with Crippen LogP contribution in [-0.4, -0.2) is 21.7 Å². The number of nitrogens with two attached hydrogens (primary N) is 1. The first kappa shape index (κ1) is 12.2. The molecule has 7 nitrogen and oxygen atoms in total.